The maximum atomic E-state index is 12.8. The standard InChI is InChI=1S/C48H91N2O6P/c1-6-8-10-12-14-16-18-20-21-22-23-24-25-26-27-28-30-31-33-35-37-39-41-47(51)46(45-56-57(53,54)55-44-43-50(3,4)5)49-48(52)42-40-38-36-34-32-29-19-17-15-13-11-9-7-2/h29,31-33,36,38-39,41,46-47,51H,6-28,30,34-35,37,40,42-45H2,1-5H3,(H-,49,52,53,54)/p+1/b32-29-,33-31+,38-36-,41-39+. The van der Waals surface area contributed by atoms with Crippen LogP contribution in [0.4, 0.5) is 0 Å². The largest absolute Gasteiger partial charge is 0.472 e. The summed E-state index contributed by atoms with van der Waals surface area (Å²) >= 11 is 0. The molecule has 0 radical (unpaired) electrons. The molecule has 3 unspecified atom stereocenters. The van der Waals surface area contributed by atoms with Gasteiger partial charge in [0.05, 0.1) is 39.9 Å². The van der Waals surface area contributed by atoms with E-state index in [-0.39, 0.29) is 25.5 Å². The van der Waals surface area contributed by atoms with Gasteiger partial charge < -0.3 is 19.8 Å². The number of nitrogens with one attached hydrogen (secondary N) is 1. The van der Waals surface area contributed by atoms with Crippen molar-refractivity contribution in [2.75, 3.05) is 40.9 Å². The van der Waals surface area contributed by atoms with Crippen LogP contribution in [0, 0.1) is 0 Å². The lowest BCUT2D eigenvalue weighted by Gasteiger charge is -2.25. The molecule has 0 rings (SSSR count). The van der Waals surface area contributed by atoms with E-state index in [0.29, 0.717) is 17.4 Å². The molecule has 0 heterocycles. The van der Waals surface area contributed by atoms with E-state index in [2.05, 4.69) is 49.5 Å². The summed E-state index contributed by atoms with van der Waals surface area (Å²) in [5.74, 6) is -0.255. The van der Waals surface area contributed by atoms with E-state index in [1.807, 2.05) is 33.3 Å². The summed E-state index contributed by atoms with van der Waals surface area (Å²) in [6.07, 6.45) is 50.7. The number of nitrogens with zero attached hydrogens (tertiary/aromatic N) is 1. The van der Waals surface area contributed by atoms with E-state index in [4.69, 9.17) is 9.05 Å². The quantitative estimate of drug-likeness (QED) is 0.0245. The number of quaternary nitrogens is 1. The predicted octanol–water partition coefficient (Wildman–Crippen LogP) is 13.2. The highest BCUT2D eigenvalue weighted by Crippen LogP contribution is 2.43. The fraction of sp³-hybridized carbons (Fsp3) is 0.812. The Morgan fingerprint density at radius 3 is 1.51 bits per heavy atom. The number of aliphatic hydroxyl groups is 1. The molecule has 0 aliphatic heterocycles. The average Bonchev–Trinajstić information content (AvgIpc) is 3.16. The summed E-state index contributed by atoms with van der Waals surface area (Å²) in [4.78, 5) is 23.1. The molecule has 0 aromatic heterocycles. The maximum absolute atomic E-state index is 12.8. The van der Waals surface area contributed by atoms with Crippen molar-refractivity contribution in [2.45, 2.75) is 212 Å². The Bertz CT molecular complexity index is 1070. The second-order valence-electron chi connectivity index (χ2n) is 17.1. The van der Waals surface area contributed by atoms with E-state index >= 15 is 0 Å². The molecular formula is C48H92N2O6P+. The molecule has 334 valence electrons. The minimum absolute atomic E-state index is 0.0460. The van der Waals surface area contributed by atoms with Crippen molar-refractivity contribution in [3.63, 3.8) is 0 Å². The van der Waals surface area contributed by atoms with Gasteiger partial charge in [-0.3, -0.25) is 13.8 Å². The second kappa shape index (κ2) is 39.9. The minimum atomic E-state index is -4.36. The van der Waals surface area contributed by atoms with Crippen LogP contribution in [-0.2, 0) is 18.4 Å². The molecule has 0 aromatic carbocycles. The first-order valence-corrected chi connectivity index (χ1v) is 25.0. The van der Waals surface area contributed by atoms with Crippen LogP contribution in [0.5, 0.6) is 0 Å². The molecule has 3 atom stereocenters. The highest BCUT2D eigenvalue weighted by Gasteiger charge is 2.27. The highest BCUT2D eigenvalue weighted by atomic mass is 31.2. The molecule has 1 amide bonds. The topological polar surface area (TPSA) is 105 Å². The van der Waals surface area contributed by atoms with Crippen LogP contribution in [-0.4, -0.2) is 73.4 Å². The first-order valence-electron chi connectivity index (χ1n) is 23.5. The number of aliphatic hydroxyl groups excluding tert-OH is 1. The van der Waals surface area contributed by atoms with Gasteiger partial charge >= 0.3 is 7.82 Å². The van der Waals surface area contributed by atoms with Gasteiger partial charge in [0.2, 0.25) is 5.91 Å². The Morgan fingerprint density at radius 1 is 0.596 bits per heavy atom. The van der Waals surface area contributed by atoms with Crippen LogP contribution in [0.3, 0.4) is 0 Å². The van der Waals surface area contributed by atoms with E-state index in [9.17, 15) is 19.4 Å². The van der Waals surface area contributed by atoms with Crippen molar-refractivity contribution in [2.24, 2.45) is 0 Å². The predicted molar refractivity (Wildman–Crippen MR) is 244 cm³/mol. The molecule has 0 aliphatic rings. The fourth-order valence-electron chi connectivity index (χ4n) is 6.52. The van der Waals surface area contributed by atoms with Crippen molar-refractivity contribution in [1.29, 1.82) is 0 Å². The van der Waals surface area contributed by atoms with Crippen molar-refractivity contribution in [3.05, 3.63) is 48.6 Å². The monoisotopic (exact) mass is 824 g/mol. The van der Waals surface area contributed by atoms with Gasteiger partial charge in [0, 0.05) is 6.42 Å². The molecule has 0 spiro atoms. The second-order valence-corrected chi connectivity index (χ2v) is 18.6. The summed E-state index contributed by atoms with van der Waals surface area (Å²) in [6.45, 7) is 4.74. The summed E-state index contributed by atoms with van der Waals surface area (Å²) < 4.78 is 23.5. The number of carbonyl (C=O) groups excluding carboxylic acids is 1. The van der Waals surface area contributed by atoms with Gasteiger partial charge in [-0.2, -0.15) is 0 Å². The van der Waals surface area contributed by atoms with Crippen molar-refractivity contribution >= 4 is 13.7 Å². The number of phosphoric ester groups is 1. The average molecular weight is 824 g/mol. The smallest absolute Gasteiger partial charge is 0.387 e. The number of hydrogen-bond acceptors (Lipinski definition) is 5. The number of phosphoric acid groups is 1. The lowest BCUT2D eigenvalue weighted by molar-refractivity contribution is -0.870. The maximum Gasteiger partial charge on any atom is 0.472 e. The number of amides is 1. The van der Waals surface area contributed by atoms with Gasteiger partial charge in [-0.1, -0.05) is 191 Å². The molecule has 0 aliphatic carbocycles. The van der Waals surface area contributed by atoms with Gasteiger partial charge in [0.1, 0.15) is 13.2 Å². The van der Waals surface area contributed by atoms with E-state index in [0.717, 1.165) is 32.1 Å². The molecular weight excluding hydrogens is 732 g/mol. The molecule has 0 bridgehead atoms. The third-order valence-corrected chi connectivity index (χ3v) is 11.3. The molecule has 8 nitrogen and oxygen atoms in total. The van der Waals surface area contributed by atoms with Gasteiger partial charge in [0.25, 0.3) is 0 Å². The van der Waals surface area contributed by atoms with Crippen LogP contribution in [0.25, 0.3) is 0 Å². The van der Waals surface area contributed by atoms with Gasteiger partial charge in [0.15, 0.2) is 0 Å². The zero-order valence-electron chi connectivity index (χ0n) is 37.8. The van der Waals surface area contributed by atoms with Gasteiger partial charge in [-0.25, -0.2) is 4.57 Å². The van der Waals surface area contributed by atoms with E-state index in [1.165, 1.54) is 141 Å². The Morgan fingerprint density at radius 2 is 1.02 bits per heavy atom. The number of unbranched alkanes of at least 4 members (excludes halogenated alkanes) is 23. The molecule has 57 heavy (non-hydrogen) atoms. The Kier molecular flexibility index (Phi) is 38.8. The zero-order valence-corrected chi connectivity index (χ0v) is 38.7. The van der Waals surface area contributed by atoms with E-state index < -0.39 is 20.0 Å². The first kappa shape index (κ1) is 55.5. The summed E-state index contributed by atoms with van der Waals surface area (Å²) in [7, 11) is 1.52. The Balaban J connectivity index is 4.45. The van der Waals surface area contributed by atoms with Crippen LogP contribution in [0.15, 0.2) is 48.6 Å². The van der Waals surface area contributed by atoms with Gasteiger partial charge in [-0.05, 0) is 51.4 Å². The third-order valence-electron chi connectivity index (χ3n) is 10.3. The van der Waals surface area contributed by atoms with Crippen LogP contribution in [0.1, 0.15) is 200 Å². The van der Waals surface area contributed by atoms with Crippen LogP contribution < -0.4 is 5.32 Å². The molecule has 0 saturated heterocycles. The molecule has 9 heteroatoms. The molecule has 0 fully saturated rings. The highest BCUT2D eigenvalue weighted by molar-refractivity contribution is 7.47. The van der Waals surface area contributed by atoms with Gasteiger partial charge in [-0.15, -0.1) is 0 Å². The number of carbonyl (C=O) groups is 1. The summed E-state index contributed by atoms with van der Waals surface area (Å²) in [5, 5.41) is 13.8. The van der Waals surface area contributed by atoms with E-state index in [1.54, 1.807) is 6.08 Å². The lowest BCUT2D eigenvalue weighted by atomic mass is 10.0. The van der Waals surface area contributed by atoms with Crippen molar-refractivity contribution in [3.8, 4) is 0 Å². The minimum Gasteiger partial charge on any atom is -0.387 e. The number of allylic oxidation sites excluding steroid dienone is 7. The van der Waals surface area contributed by atoms with Crippen LogP contribution in [0.2, 0.25) is 0 Å². The number of hydrogen-bond donors (Lipinski definition) is 3. The fourth-order valence-corrected chi connectivity index (χ4v) is 7.25. The molecule has 0 aromatic rings. The normalized spacial score (nSPS) is 14.7. The van der Waals surface area contributed by atoms with Crippen molar-refractivity contribution in [1.82, 2.24) is 5.32 Å². The Hall–Kier alpha value is -1.54. The first-order chi connectivity index (χ1) is 27.5. The Labute approximate surface area is 352 Å². The lowest BCUT2D eigenvalue weighted by Crippen LogP contribution is -2.45. The molecule has 3 N–H and O–H groups in total. The van der Waals surface area contributed by atoms with Crippen LogP contribution >= 0.6 is 7.82 Å². The zero-order chi connectivity index (χ0) is 42.1. The number of likely N-dealkylation sites (N-methyl/N-ethyl adjacent to an activating group) is 1. The SMILES string of the molecule is CCCCCCCC/C=C\C/C=C\CCC(=O)NC(COP(=O)(O)OCC[N+](C)(C)C)C(O)/C=C/CC/C=C/CCCCCCCCCCCCCCCCCC. The number of rotatable bonds is 42. The summed E-state index contributed by atoms with van der Waals surface area (Å²) in [5.41, 5.74) is 0. The molecule has 0 saturated carbocycles. The van der Waals surface area contributed by atoms with Crippen molar-refractivity contribution < 1.29 is 32.9 Å². The third kappa shape index (κ3) is 42.4. The summed E-state index contributed by atoms with van der Waals surface area (Å²) in [6, 6.07) is -0.893.